The maximum absolute atomic E-state index is 5.88. The summed E-state index contributed by atoms with van der Waals surface area (Å²) in [7, 11) is 1.64. The van der Waals surface area contributed by atoms with Gasteiger partial charge in [-0.2, -0.15) is 0 Å². The number of benzene rings is 2. The van der Waals surface area contributed by atoms with Gasteiger partial charge in [0.1, 0.15) is 5.75 Å². The van der Waals surface area contributed by atoms with Gasteiger partial charge in [0.15, 0.2) is 0 Å². The highest BCUT2D eigenvalue weighted by atomic mass is 35.5. The molecule has 0 saturated heterocycles. The third-order valence-electron chi connectivity index (χ3n) is 2.81. The van der Waals surface area contributed by atoms with E-state index in [0.29, 0.717) is 6.54 Å². The molecule has 0 radical (unpaired) electrons. The minimum absolute atomic E-state index is 0.340. The molecule has 21 heavy (non-hydrogen) atoms. The molecule has 108 valence electrons. The van der Waals surface area contributed by atoms with Crippen molar-refractivity contribution in [2.24, 2.45) is 5.73 Å². The maximum atomic E-state index is 5.88. The molecule has 2 rings (SSSR count). The fraction of sp³-hybridized carbons (Fsp3) is 0.176. The topological polar surface area (TPSA) is 35.2 Å². The lowest BCUT2D eigenvalue weighted by molar-refractivity contribution is 0.413. The molecule has 2 aromatic rings. The number of methoxy groups -OCH3 is 1. The molecule has 0 saturated carbocycles. The predicted molar refractivity (Wildman–Crippen MR) is 89.9 cm³/mol. The van der Waals surface area contributed by atoms with Crippen molar-refractivity contribution in [2.75, 3.05) is 13.7 Å². The van der Waals surface area contributed by atoms with Crippen molar-refractivity contribution < 1.29 is 4.74 Å². The van der Waals surface area contributed by atoms with Crippen LogP contribution in [0.5, 0.6) is 5.75 Å². The zero-order valence-corrected chi connectivity index (χ0v) is 13.3. The molecule has 0 fully saturated rings. The van der Waals surface area contributed by atoms with Crippen LogP contribution < -0.4 is 10.5 Å². The van der Waals surface area contributed by atoms with Crippen LogP contribution in [0.25, 0.3) is 0 Å². The first kappa shape index (κ1) is 15.8. The van der Waals surface area contributed by atoms with Crippen molar-refractivity contribution in [3.05, 3.63) is 58.6 Å². The summed E-state index contributed by atoms with van der Waals surface area (Å²) in [6, 6.07) is 13.9. The van der Waals surface area contributed by atoms with Crippen LogP contribution in [0.4, 0.5) is 0 Å². The third kappa shape index (κ3) is 4.71. The summed E-state index contributed by atoms with van der Waals surface area (Å²) in [6.45, 7) is 0.340. The number of nitrogens with two attached hydrogens (primary N) is 1. The zero-order chi connectivity index (χ0) is 15.1. The molecule has 0 aliphatic rings. The van der Waals surface area contributed by atoms with E-state index in [1.54, 1.807) is 18.9 Å². The van der Waals surface area contributed by atoms with Gasteiger partial charge in [0, 0.05) is 15.7 Å². The zero-order valence-electron chi connectivity index (χ0n) is 11.7. The van der Waals surface area contributed by atoms with Crippen LogP contribution in [0, 0.1) is 11.8 Å². The van der Waals surface area contributed by atoms with E-state index in [9.17, 15) is 0 Å². The minimum atomic E-state index is 0.340. The van der Waals surface area contributed by atoms with Crippen molar-refractivity contribution in [3.63, 3.8) is 0 Å². The standard InChI is InChI=1S/C17H16ClNOS/c1-20-17-9-4-13(11-14(17)3-2-10-19)12-21-16-7-5-15(18)6-8-16/h4-9,11H,10,12,19H2,1H3. The van der Waals surface area contributed by atoms with Gasteiger partial charge in [-0.3, -0.25) is 0 Å². The lowest BCUT2D eigenvalue weighted by atomic mass is 10.1. The number of thioether (sulfide) groups is 1. The summed E-state index contributed by atoms with van der Waals surface area (Å²) < 4.78 is 5.31. The van der Waals surface area contributed by atoms with E-state index in [-0.39, 0.29) is 0 Å². The Kier molecular flexibility index (Phi) is 6.01. The van der Waals surface area contributed by atoms with Gasteiger partial charge < -0.3 is 10.5 Å². The molecule has 0 unspecified atom stereocenters. The van der Waals surface area contributed by atoms with Crippen LogP contribution in [0.1, 0.15) is 11.1 Å². The van der Waals surface area contributed by atoms with Crippen molar-refractivity contribution in [2.45, 2.75) is 10.6 Å². The second kappa shape index (κ2) is 7.99. The van der Waals surface area contributed by atoms with Crippen molar-refractivity contribution in [3.8, 4) is 17.6 Å². The molecule has 0 aliphatic carbocycles. The Morgan fingerprint density at radius 2 is 1.95 bits per heavy atom. The van der Waals surface area contributed by atoms with E-state index in [1.807, 2.05) is 36.4 Å². The number of hydrogen-bond acceptors (Lipinski definition) is 3. The Morgan fingerprint density at radius 3 is 2.62 bits per heavy atom. The first-order chi connectivity index (χ1) is 10.2. The highest BCUT2D eigenvalue weighted by Gasteiger charge is 2.03. The lowest BCUT2D eigenvalue weighted by Gasteiger charge is -2.07. The molecule has 2 N–H and O–H groups in total. The van der Waals surface area contributed by atoms with Crippen molar-refractivity contribution >= 4 is 23.4 Å². The molecule has 2 aromatic carbocycles. The smallest absolute Gasteiger partial charge is 0.134 e. The van der Waals surface area contributed by atoms with E-state index in [0.717, 1.165) is 22.1 Å². The van der Waals surface area contributed by atoms with Crippen LogP contribution in [-0.2, 0) is 5.75 Å². The first-order valence-corrected chi connectivity index (χ1v) is 7.83. The van der Waals surface area contributed by atoms with E-state index in [1.165, 1.54) is 10.5 Å². The molecule has 4 heteroatoms. The van der Waals surface area contributed by atoms with Crippen LogP contribution in [0.3, 0.4) is 0 Å². The van der Waals surface area contributed by atoms with Gasteiger partial charge in [-0.15, -0.1) is 11.8 Å². The summed E-state index contributed by atoms with van der Waals surface area (Å²) >= 11 is 7.64. The Hall–Kier alpha value is -1.60. The van der Waals surface area contributed by atoms with Gasteiger partial charge >= 0.3 is 0 Å². The fourth-order valence-corrected chi connectivity index (χ4v) is 2.75. The molecule has 0 bridgehead atoms. The predicted octanol–water partition coefficient (Wildman–Crippen LogP) is 3.95. The maximum Gasteiger partial charge on any atom is 0.134 e. The Bertz CT molecular complexity index is 659. The molecular weight excluding hydrogens is 302 g/mol. The van der Waals surface area contributed by atoms with Crippen LogP contribution >= 0.6 is 23.4 Å². The van der Waals surface area contributed by atoms with Gasteiger partial charge in [-0.25, -0.2) is 0 Å². The number of rotatable bonds is 4. The summed E-state index contributed by atoms with van der Waals surface area (Å²) in [5.41, 5.74) is 7.49. The molecule has 0 amide bonds. The quantitative estimate of drug-likeness (QED) is 0.685. The van der Waals surface area contributed by atoms with Crippen LogP contribution in [0.2, 0.25) is 5.02 Å². The third-order valence-corrected chi connectivity index (χ3v) is 4.14. The van der Waals surface area contributed by atoms with Gasteiger partial charge in [0.25, 0.3) is 0 Å². The van der Waals surface area contributed by atoms with Gasteiger partial charge in [-0.1, -0.05) is 29.5 Å². The highest BCUT2D eigenvalue weighted by molar-refractivity contribution is 7.98. The number of ether oxygens (including phenoxy) is 1. The fourth-order valence-electron chi connectivity index (χ4n) is 1.79. The van der Waals surface area contributed by atoms with Gasteiger partial charge in [0.2, 0.25) is 0 Å². The summed E-state index contributed by atoms with van der Waals surface area (Å²) in [4.78, 5) is 1.19. The summed E-state index contributed by atoms with van der Waals surface area (Å²) in [6.07, 6.45) is 0. The van der Waals surface area contributed by atoms with Crippen LogP contribution in [-0.4, -0.2) is 13.7 Å². The van der Waals surface area contributed by atoms with Crippen molar-refractivity contribution in [1.29, 1.82) is 0 Å². The normalized spacial score (nSPS) is 9.86. The highest BCUT2D eigenvalue weighted by Crippen LogP contribution is 2.26. The largest absolute Gasteiger partial charge is 0.495 e. The van der Waals surface area contributed by atoms with E-state index < -0.39 is 0 Å². The van der Waals surface area contributed by atoms with Crippen molar-refractivity contribution in [1.82, 2.24) is 0 Å². The number of halogens is 1. The van der Waals surface area contributed by atoms with E-state index >= 15 is 0 Å². The summed E-state index contributed by atoms with van der Waals surface area (Å²) in [5.74, 6) is 7.54. The molecule has 0 heterocycles. The second-order valence-electron chi connectivity index (χ2n) is 4.28. The molecule has 0 aliphatic heterocycles. The Morgan fingerprint density at radius 1 is 1.19 bits per heavy atom. The second-order valence-corrected chi connectivity index (χ2v) is 5.77. The minimum Gasteiger partial charge on any atom is -0.495 e. The monoisotopic (exact) mass is 317 g/mol. The average Bonchev–Trinajstić information content (AvgIpc) is 2.52. The SMILES string of the molecule is COc1ccc(CSc2ccc(Cl)cc2)cc1C#CCN. The summed E-state index contributed by atoms with van der Waals surface area (Å²) in [5, 5.41) is 0.753. The van der Waals surface area contributed by atoms with E-state index in [4.69, 9.17) is 22.1 Å². The first-order valence-electron chi connectivity index (χ1n) is 6.47. The molecular formula is C17H16ClNOS. The average molecular weight is 318 g/mol. The van der Waals surface area contributed by atoms with Gasteiger partial charge in [0.05, 0.1) is 19.2 Å². The van der Waals surface area contributed by atoms with Crippen LogP contribution in [0.15, 0.2) is 47.4 Å². The molecule has 0 atom stereocenters. The lowest BCUT2D eigenvalue weighted by Crippen LogP contribution is -1.94. The molecule has 0 spiro atoms. The van der Waals surface area contributed by atoms with Gasteiger partial charge in [-0.05, 0) is 42.0 Å². The Labute approximate surface area is 134 Å². The molecule has 0 aromatic heterocycles. The number of hydrogen-bond donors (Lipinski definition) is 1. The Balaban J connectivity index is 2.11. The molecule has 2 nitrogen and oxygen atoms in total. The van der Waals surface area contributed by atoms with E-state index in [2.05, 4.69) is 17.9 Å².